The van der Waals surface area contributed by atoms with E-state index in [0.717, 1.165) is 22.3 Å². The Morgan fingerprint density at radius 1 is 0.368 bits per heavy atom. The van der Waals surface area contributed by atoms with Gasteiger partial charge in [-0.25, -0.2) is 0 Å². The lowest BCUT2D eigenvalue weighted by Crippen LogP contribution is -2.28. The summed E-state index contributed by atoms with van der Waals surface area (Å²) in [5, 5.41) is 19.7. The van der Waals surface area contributed by atoms with Gasteiger partial charge in [-0.05, 0) is 71.5 Å². The fraction of sp³-hybridized carbons (Fsp3) is 0.170. The molecule has 0 heterocycles. The maximum Gasteiger partial charge on any atom is 0.193 e. The Bertz CT molecular complexity index is 2170. The molecule has 0 spiro atoms. The van der Waals surface area contributed by atoms with Crippen molar-refractivity contribution in [2.45, 2.75) is 60.8 Å². The van der Waals surface area contributed by atoms with Crippen LogP contribution in [0.3, 0.4) is 0 Å². The molecule has 0 saturated carbocycles. The number of phenols is 2. The summed E-state index contributed by atoms with van der Waals surface area (Å²) >= 11 is 0. The molecule has 1 aliphatic rings. The Hall–Kier alpha value is -6.52. The highest BCUT2D eigenvalue weighted by Gasteiger charge is 2.45. The molecule has 0 bridgehead atoms. The highest BCUT2D eigenvalue weighted by Crippen LogP contribution is 2.56. The van der Waals surface area contributed by atoms with Crippen molar-refractivity contribution in [3.63, 3.8) is 0 Å². The third kappa shape index (κ3) is 9.31. The van der Waals surface area contributed by atoms with Gasteiger partial charge in [-0.2, -0.15) is 0 Å². The first-order valence-corrected chi connectivity index (χ1v) is 19.9. The van der Waals surface area contributed by atoms with Crippen LogP contribution in [0.5, 0.6) is 11.5 Å². The van der Waals surface area contributed by atoms with Gasteiger partial charge >= 0.3 is 0 Å². The zero-order valence-electron chi connectivity index (χ0n) is 34.4. The van der Waals surface area contributed by atoms with E-state index in [1.54, 1.807) is 48.5 Å². The van der Waals surface area contributed by atoms with Gasteiger partial charge in [0, 0.05) is 22.3 Å². The molecule has 0 aromatic heterocycles. The number of benzene rings is 7. The van der Waals surface area contributed by atoms with E-state index in [4.69, 9.17) is 0 Å². The Morgan fingerprint density at radius 2 is 0.632 bits per heavy atom. The highest BCUT2D eigenvalue weighted by molar-refractivity contribution is 6.11. The maximum atomic E-state index is 12.5. The SMILES string of the molecule is CC.CC.CC.Cc1ccc(C(=O)c2ccc(C(=O)c3ccc(C)cc3)cc2)cc1.Oc1ccc(C2(c3ccc(O)cc3)c3ccccc3-c3ccccc32)cc1. The van der Waals surface area contributed by atoms with Gasteiger partial charge in [-0.3, -0.25) is 9.59 Å². The Balaban J connectivity index is 0.000000225. The van der Waals surface area contributed by atoms with E-state index >= 15 is 0 Å². The average Bonchev–Trinajstić information content (AvgIpc) is 3.58. The van der Waals surface area contributed by atoms with Crippen molar-refractivity contribution in [2.24, 2.45) is 0 Å². The molecular formula is C53H54O4. The van der Waals surface area contributed by atoms with Gasteiger partial charge in [0.15, 0.2) is 11.6 Å². The van der Waals surface area contributed by atoms with Crippen LogP contribution >= 0.6 is 0 Å². The van der Waals surface area contributed by atoms with Crippen LogP contribution in [0.2, 0.25) is 0 Å². The maximum absolute atomic E-state index is 12.5. The first-order chi connectivity index (χ1) is 27.8. The Kier molecular flexibility index (Phi) is 15.5. The molecule has 7 aromatic rings. The van der Waals surface area contributed by atoms with Gasteiger partial charge in [-0.15, -0.1) is 0 Å². The molecule has 290 valence electrons. The van der Waals surface area contributed by atoms with E-state index in [1.165, 1.54) is 22.3 Å². The zero-order chi connectivity index (χ0) is 41.5. The molecule has 7 aromatic carbocycles. The third-order valence-corrected chi connectivity index (χ3v) is 9.59. The van der Waals surface area contributed by atoms with Gasteiger partial charge < -0.3 is 10.2 Å². The molecule has 0 radical (unpaired) electrons. The van der Waals surface area contributed by atoms with Crippen molar-refractivity contribution in [2.75, 3.05) is 0 Å². The van der Waals surface area contributed by atoms with Crippen LogP contribution in [0, 0.1) is 13.8 Å². The summed E-state index contributed by atoms with van der Waals surface area (Å²) in [7, 11) is 0. The fourth-order valence-electron chi connectivity index (χ4n) is 6.96. The molecule has 0 atom stereocenters. The molecule has 0 fully saturated rings. The van der Waals surface area contributed by atoms with E-state index in [0.29, 0.717) is 22.3 Å². The van der Waals surface area contributed by atoms with E-state index < -0.39 is 5.41 Å². The lowest BCUT2D eigenvalue weighted by Gasteiger charge is -2.33. The molecule has 4 heteroatoms. The van der Waals surface area contributed by atoms with Crippen molar-refractivity contribution in [1.82, 2.24) is 0 Å². The Morgan fingerprint density at radius 3 is 0.930 bits per heavy atom. The van der Waals surface area contributed by atoms with E-state index in [9.17, 15) is 19.8 Å². The van der Waals surface area contributed by atoms with Gasteiger partial charge in [-0.1, -0.05) is 198 Å². The molecule has 2 N–H and O–H groups in total. The molecule has 0 aliphatic heterocycles. The number of aromatic hydroxyl groups is 2. The number of carbonyl (C=O) groups excluding carboxylic acids is 2. The van der Waals surface area contributed by atoms with Crippen LogP contribution in [0.1, 0.15) is 107 Å². The number of hydrogen-bond donors (Lipinski definition) is 2. The summed E-state index contributed by atoms with van der Waals surface area (Å²) < 4.78 is 0. The molecule has 8 rings (SSSR count). The summed E-state index contributed by atoms with van der Waals surface area (Å²) in [6, 6.07) is 53.7. The van der Waals surface area contributed by atoms with Crippen molar-refractivity contribution in [1.29, 1.82) is 0 Å². The van der Waals surface area contributed by atoms with Crippen molar-refractivity contribution in [3.8, 4) is 22.6 Å². The molecule has 0 saturated heterocycles. The molecule has 1 aliphatic carbocycles. The topological polar surface area (TPSA) is 74.6 Å². The molecule has 4 nitrogen and oxygen atoms in total. The van der Waals surface area contributed by atoms with Crippen LogP contribution in [-0.2, 0) is 5.41 Å². The number of ketones is 2. The largest absolute Gasteiger partial charge is 0.508 e. The Labute approximate surface area is 339 Å². The highest BCUT2D eigenvalue weighted by atomic mass is 16.3. The van der Waals surface area contributed by atoms with Crippen molar-refractivity contribution >= 4 is 11.6 Å². The molecular weight excluding hydrogens is 701 g/mol. The normalized spacial score (nSPS) is 11.2. The number of rotatable bonds is 6. The fourth-order valence-corrected chi connectivity index (χ4v) is 6.96. The predicted molar refractivity (Wildman–Crippen MR) is 237 cm³/mol. The quantitative estimate of drug-likeness (QED) is 0.166. The number of aryl methyl sites for hydroxylation is 2. The zero-order valence-corrected chi connectivity index (χ0v) is 34.4. The van der Waals surface area contributed by atoms with Crippen LogP contribution in [0.4, 0.5) is 0 Å². The molecule has 0 amide bonds. The monoisotopic (exact) mass is 754 g/mol. The van der Waals surface area contributed by atoms with Gasteiger partial charge in [0.1, 0.15) is 11.5 Å². The molecule has 0 unspecified atom stereocenters. The average molecular weight is 755 g/mol. The number of carbonyl (C=O) groups is 2. The summed E-state index contributed by atoms with van der Waals surface area (Å²) in [6.45, 7) is 16.0. The van der Waals surface area contributed by atoms with Gasteiger partial charge in [0.2, 0.25) is 0 Å². The standard InChI is InChI=1S/C25H18O2.C22H18O2.3C2H6/c26-19-13-9-17(10-14-19)25(18-11-15-20(27)16-12-18)23-7-3-1-5-21(23)22-6-2-4-8-24(22)25;1-15-3-7-17(8-4-15)21(23)19-11-13-20(14-12-19)22(24)18-9-5-16(2)6-10-18;3*1-2/h1-16,26-27H;3-14H,1-2H3;3*1-2H3. The van der Waals surface area contributed by atoms with Crippen LogP contribution in [0.15, 0.2) is 170 Å². The summed E-state index contributed by atoms with van der Waals surface area (Å²) in [5.74, 6) is 0.423. The van der Waals surface area contributed by atoms with Gasteiger partial charge in [0.05, 0.1) is 5.41 Å². The van der Waals surface area contributed by atoms with Gasteiger partial charge in [0.25, 0.3) is 0 Å². The second-order valence-electron chi connectivity index (χ2n) is 12.9. The predicted octanol–water partition coefficient (Wildman–Crippen LogP) is 13.3. The van der Waals surface area contributed by atoms with E-state index in [2.05, 4.69) is 48.5 Å². The summed E-state index contributed by atoms with van der Waals surface area (Å²) in [5.41, 5.74) is 11.2. The van der Waals surface area contributed by atoms with Crippen molar-refractivity contribution in [3.05, 3.63) is 225 Å². The van der Waals surface area contributed by atoms with E-state index in [1.807, 2.05) is 128 Å². The minimum Gasteiger partial charge on any atom is -0.508 e. The summed E-state index contributed by atoms with van der Waals surface area (Å²) in [6.07, 6.45) is 0. The van der Waals surface area contributed by atoms with Crippen LogP contribution in [-0.4, -0.2) is 21.8 Å². The molecule has 57 heavy (non-hydrogen) atoms. The third-order valence-electron chi connectivity index (χ3n) is 9.59. The lowest BCUT2D eigenvalue weighted by atomic mass is 9.68. The number of phenolic OH excluding ortho intramolecular Hbond substituents is 2. The van der Waals surface area contributed by atoms with Crippen LogP contribution < -0.4 is 0 Å². The second-order valence-corrected chi connectivity index (χ2v) is 12.9. The first-order valence-electron chi connectivity index (χ1n) is 19.9. The van der Waals surface area contributed by atoms with E-state index in [-0.39, 0.29) is 23.1 Å². The number of fused-ring (bicyclic) bond motifs is 3. The smallest absolute Gasteiger partial charge is 0.193 e. The van der Waals surface area contributed by atoms with Crippen molar-refractivity contribution < 1.29 is 19.8 Å². The number of hydrogen-bond acceptors (Lipinski definition) is 4. The second kappa shape index (κ2) is 20.4. The van der Waals surface area contributed by atoms with Crippen LogP contribution in [0.25, 0.3) is 11.1 Å². The minimum atomic E-state index is -0.491. The first kappa shape index (κ1) is 43.2. The lowest BCUT2D eigenvalue weighted by molar-refractivity contribution is 0.102. The minimum absolute atomic E-state index is 0.0377. The summed E-state index contributed by atoms with van der Waals surface area (Å²) in [4.78, 5) is 24.9.